The average Bonchev–Trinajstić information content (AvgIpc) is 2.38. The highest BCUT2D eigenvalue weighted by molar-refractivity contribution is 7.89. The topological polar surface area (TPSA) is 62.3 Å². The van der Waals surface area contributed by atoms with Crippen LogP contribution >= 0.6 is 0 Å². The molecule has 0 aromatic carbocycles. The van der Waals surface area contributed by atoms with Gasteiger partial charge in [-0.2, -0.15) is 4.31 Å². The molecule has 2 atom stereocenters. The quantitative estimate of drug-likeness (QED) is 0.925. The summed E-state index contributed by atoms with van der Waals surface area (Å²) in [5, 5.41) is 3.06. The van der Waals surface area contributed by atoms with Gasteiger partial charge in [-0.25, -0.2) is 13.4 Å². The summed E-state index contributed by atoms with van der Waals surface area (Å²) in [6, 6.07) is 3.34. The summed E-state index contributed by atoms with van der Waals surface area (Å²) in [7, 11) is -3.42. The van der Waals surface area contributed by atoms with Crippen LogP contribution in [0.15, 0.2) is 23.2 Å². The van der Waals surface area contributed by atoms with Crippen LogP contribution in [0.2, 0.25) is 0 Å². The van der Waals surface area contributed by atoms with E-state index in [1.807, 2.05) is 6.92 Å². The summed E-state index contributed by atoms with van der Waals surface area (Å²) in [4.78, 5) is 4.43. The van der Waals surface area contributed by atoms with Gasteiger partial charge in [-0.05, 0) is 37.3 Å². The fraction of sp³-hybridized carbons (Fsp3) is 0.643. The highest BCUT2D eigenvalue weighted by Crippen LogP contribution is 2.26. The number of nitrogens with zero attached hydrogens (tertiary/aromatic N) is 2. The van der Waals surface area contributed by atoms with E-state index in [4.69, 9.17) is 0 Å². The van der Waals surface area contributed by atoms with E-state index >= 15 is 0 Å². The lowest BCUT2D eigenvalue weighted by Gasteiger charge is -2.33. The van der Waals surface area contributed by atoms with Gasteiger partial charge in [0, 0.05) is 25.8 Å². The van der Waals surface area contributed by atoms with E-state index in [1.54, 1.807) is 16.4 Å². The van der Waals surface area contributed by atoms with Crippen molar-refractivity contribution in [2.45, 2.75) is 32.1 Å². The van der Waals surface area contributed by atoms with Crippen molar-refractivity contribution in [2.24, 2.45) is 11.8 Å². The van der Waals surface area contributed by atoms with Crippen LogP contribution in [0.3, 0.4) is 0 Å². The van der Waals surface area contributed by atoms with E-state index in [-0.39, 0.29) is 4.90 Å². The first kappa shape index (κ1) is 15.3. The summed E-state index contributed by atoms with van der Waals surface area (Å²) in [5.74, 6) is 1.51. The fourth-order valence-electron chi connectivity index (χ4n) is 2.77. The van der Waals surface area contributed by atoms with E-state index in [2.05, 4.69) is 24.1 Å². The van der Waals surface area contributed by atoms with E-state index in [0.29, 0.717) is 30.7 Å². The van der Waals surface area contributed by atoms with Gasteiger partial charge in [0.2, 0.25) is 10.0 Å². The Bertz CT molecular complexity index is 532. The molecule has 1 aliphatic heterocycles. The van der Waals surface area contributed by atoms with E-state index in [9.17, 15) is 8.42 Å². The lowest BCUT2D eigenvalue weighted by Crippen LogP contribution is -2.42. The molecule has 1 saturated heterocycles. The maximum atomic E-state index is 12.6. The molecule has 20 heavy (non-hydrogen) atoms. The van der Waals surface area contributed by atoms with Crippen LogP contribution in [0.1, 0.15) is 27.2 Å². The number of rotatable bonds is 4. The van der Waals surface area contributed by atoms with Crippen molar-refractivity contribution in [1.29, 1.82) is 0 Å². The molecule has 2 heterocycles. The van der Waals surface area contributed by atoms with Crippen LogP contribution in [0.4, 0.5) is 5.82 Å². The van der Waals surface area contributed by atoms with Gasteiger partial charge < -0.3 is 5.32 Å². The highest BCUT2D eigenvalue weighted by atomic mass is 32.2. The number of sulfonamides is 1. The molecule has 0 spiro atoms. The molecule has 1 N–H and O–H groups in total. The molecule has 6 heteroatoms. The van der Waals surface area contributed by atoms with Crippen LogP contribution in [0, 0.1) is 11.8 Å². The molecule has 112 valence electrons. The fourth-order valence-corrected chi connectivity index (χ4v) is 4.40. The number of hydrogen-bond acceptors (Lipinski definition) is 4. The van der Waals surface area contributed by atoms with Crippen molar-refractivity contribution in [3.8, 4) is 0 Å². The molecule has 1 aromatic rings. The lowest BCUT2D eigenvalue weighted by atomic mass is 9.94. The van der Waals surface area contributed by atoms with E-state index in [1.165, 1.54) is 6.20 Å². The summed E-state index contributed by atoms with van der Waals surface area (Å²) in [6.45, 7) is 8.14. The predicted molar refractivity (Wildman–Crippen MR) is 80.1 cm³/mol. The SMILES string of the molecule is CCNc1ccc(S(=O)(=O)N2CC(C)CC(C)C2)cn1. The molecule has 0 amide bonds. The van der Waals surface area contributed by atoms with Crippen LogP contribution in [0.25, 0.3) is 0 Å². The highest BCUT2D eigenvalue weighted by Gasteiger charge is 2.31. The van der Waals surface area contributed by atoms with Gasteiger partial charge in [-0.15, -0.1) is 0 Å². The van der Waals surface area contributed by atoms with Crippen LogP contribution in [-0.2, 0) is 10.0 Å². The maximum absolute atomic E-state index is 12.6. The molecule has 2 rings (SSSR count). The zero-order chi connectivity index (χ0) is 14.8. The van der Waals surface area contributed by atoms with Gasteiger partial charge in [0.1, 0.15) is 10.7 Å². The number of nitrogens with one attached hydrogen (secondary N) is 1. The number of piperidine rings is 1. The second-order valence-electron chi connectivity index (χ2n) is 5.68. The maximum Gasteiger partial charge on any atom is 0.244 e. The Hall–Kier alpha value is -1.14. The second kappa shape index (κ2) is 6.10. The summed E-state index contributed by atoms with van der Waals surface area (Å²) < 4.78 is 26.8. The van der Waals surface area contributed by atoms with Crippen molar-refractivity contribution in [3.05, 3.63) is 18.3 Å². The van der Waals surface area contributed by atoms with Crippen molar-refractivity contribution in [3.63, 3.8) is 0 Å². The summed E-state index contributed by atoms with van der Waals surface area (Å²) in [6.07, 6.45) is 2.53. The monoisotopic (exact) mass is 297 g/mol. The van der Waals surface area contributed by atoms with Gasteiger partial charge in [-0.3, -0.25) is 0 Å². The smallest absolute Gasteiger partial charge is 0.244 e. The normalized spacial score (nSPS) is 24.6. The van der Waals surface area contributed by atoms with Gasteiger partial charge in [0.15, 0.2) is 0 Å². The summed E-state index contributed by atoms with van der Waals surface area (Å²) in [5.41, 5.74) is 0. The van der Waals surface area contributed by atoms with E-state index < -0.39 is 10.0 Å². The lowest BCUT2D eigenvalue weighted by molar-refractivity contribution is 0.222. The third-order valence-electron chi connectivity index (χ3n) is 3.57. The number of anilines is 1. The minimum atomic E-state index is -3.42. The van der Waals surface area contributed by atoms with Gasteiger partial charge in [0.05, 0.1) is 0 Å². The first-order chi connectivity index (χ1) is 9.43. The minimum absolute atomic E-state index is 0.278. The largest absolute Gasteiger partial charge is 0.370 e. The molecule has 1 aliphatic rings. The standard InChI is InChI=1S/C14H23N3O2S/c1-4-15-14-6-5-13(8-16-14)20(18,19)17-9-11(2)7-12(3)10-17/h5-6,8,11-12H,4,7,9-10H2,1-3H3,(H,15,16). The molecule has 0 radical (unpaired) electrons. The summed E-state index contributed by atoms with van der Waals surface area (Å²) >= 11 is 0. The second-order valence-corrected chi connectivity index (χ2v) is 7.62. The molecule has 2 unspecified atom stereocenters. The minimum Gasteiger partial charge on any atom is -0.370 e. The third kappa shape index (κ3) is 3.30. The van der Waals surface area contributed by atoms with Gasteiger partial charge in [-0.1, -0.05) is 13.8 Å². The van der Waals surface area contributed by atoms with Crippen LogP contribution in [0.5, 0.6) is 0 Å². The Labute approximate surface area is 121 Å². The Kier molecular flexibility index (Phi) is 4.65. The van der Waals surface area contributed by atoms with Crippen molar-refractivity contribution >= 4 is 15.8 Å². The zero-order valence-electron chi connectivity index (χ0n) is 12.3. The molecule has 1 aromatic heterocycles. The Morgan fingerprint density at radius 1 is 1.30 bits per heavy atom. The molecule has 0 bridgehead atoms. The van der Waals surface area contributed by atoms with Gasteiger partial charge >= 0.3 is 0 Å². The molecular weight excluding hydrogens is 274 g/mol. The Morgan fingerprint density at radius 2 is 1.95 bits per heavy atom. The molecule has 0 aliphatic carbocycles. The number of pyridine rings is 1. The zero-order valence-corrected chi connectivity index (χ0v) is 13.2. The van der Waals surface area contributed by atoms with E-state index in [0.717, 1.165) is 13.0 Å². The van der Waals surface area contributed by atoms with Crippen LogP contribution in [-0.4, -0.2) is 37.3 Å². The molecule has 0 saturated carbocycles. The first-order valence-corrected chi connectivity index (χ1v) is 8.57. The van der Waals surface area contributed by atoms with Crippen molar-refractivity contribution in [2.75, 3.05) is 25.0 Å². The predicted octanol–water partition coefficient (Wildman–Crippen LogP) is 2.18. The van der Waals surface area contributed by atoms with Crippen molar-refractivity contribution in [1.82, 2.24) is 9.29 Å². The average molecular weight is 297 g/mol. The number of hydrogen-bond donors (Lipinski definition) is 1. The van der Waals surface area contributed by atoms with Crippen molar-refractivity contribution < 1.29 is 8.42 Å². The Balaban J connectivity index is 2.21. The Morgan fingerprint density at radius 3 is 2.45 bits per heavy atom. The molecule has 1 fully saturated rings. The molecule has 5 nitrogen and oxygen atoms in total. The molecular formula is C14H23N3O2S. The third-order valence-corrected chi connectivity index (χ3v) is 5.38. The van der Waals surface area contributed by atoms with Gasteiger partial charge in [0.25, 0.3) is 0 Å². The first-order valence-electron chi connectivity index (χ1n) is 7.13. The van der Waals surface area contributed by atoms with Crippen LogP contribution < -0.4 is 5.32 Å². The number of aromatic nitrogens is 1.